The summed E-state index contributed by atoms with van der Waals surface area (Å²) in [5.74, 6) is -1.16. The number of hydrogen-bond donors (Lipinski definition) is 0. The lowest BCUT2D eigenvalue weighted by Gasteiger charge is -2.22. The second-order valence-corrected chi connectivity index (χ2v) is 7.47. The van der Waals surface area contributed by atoms with E-state index < -0.39 is 21.8 Å². The molecule has 4 nitrogen and oxygen atoms in total. The molecule has 1 fully saturated rings. The van der Waals surface area contributed by atoms with Crippen molar-refractivity contribution >= 4 is 46.4 Å². The van der Waals surface area contributed by atoms with Crippen molar-refractivity contribution < 1.29 is 19.1 Å². The maximum absolute atomic E-state index is 11.5. The molecule has 24 heavy (non-hydrogen) atoms. The predicted octanol–water partition coefficient (Wildman–Crippen LogP) is 4.49. The molecule has 0 radical (unpaired) electrons. The van der Waals surface area contributed by atoms with Crippen LogP contribution in [0.3, 0.4) is 0 Å². The molecule has 0 aromatic carbocycles. The molecule has 0 aliphatic carbocycles. The number of ether oxygens (including phenoxy) is 2. The highest BCUT2D eigenvalue weighted by Gasteiger charge is 2.31. The molecular weight excluding hydrogens is 375 g/mol. The quantitative estimate of drug-likeness (QED) is 0.190. The van der Waals surface area contributed by atoms with Crippen LogP contribution in [0.15, 0.2) is 36.5 Å². The summed E-state index contributed by atoms with van der Waals surface area (Å²) in [6.45, 7) is 1.39. The summed E-state index contributed by atoms with van der Waals surface area (Å²) < 4.78 is 9.00. The van der Waals surface area contributed by atoms with Gasteiger partial charge in [0.15, 0.2) is 17.9 Å². The monoisotopic (exact) mass is 394 g/mol. The highest BCUT2D eigenvalue weighted by Crippen LogP contribution is 2.28. The van der Waals surface area contributed by atoms with Crippen LogP contribution in [0.25, 0.3) is 0 Å². The molecule has 134 valence electrons. The van der Waals surface area contributed by atoms with Crippen LogP contribution in [0.2, 0.25) is 0 Å². The number of carbonyl (C=O) groups is 2. The van der Waals surface area contributed by atoms with Crippen molar-refractivity contribution in [2.45, 2.75) is 42.2 Å². The molecule has 0 saturated carbocycles. The SMILES string of the molecule is O=C(/C=C/C=C/C=C/CCOC1CCCCO1)CC(=O)C(Cl)(Cl)Cl. The zero-order valence-electron chi connectivity index (χ0n) is 13.3. The molecule has 1 aliphatic rings. The van der Waals surface area contributed by atoms with Gasteiger partial charge in [0.25, 0.3) is 0 Å². The van der Waals surface area contributed by atoms with Crippen LogP contribution in [-0.2, 0) is 19.1 Å². The van der Waals surface area contributed by atoms with E-state index in [4.69, 9.17) is 44.3 Å². The lowest BCUT2D eigenvalue weighted by Crippen LogP contribution is -2.22. The van der Waals surface area contributed by atoms with Crippen molar-refractivity contribution in [2.75, 3.05) is 13.2 Å². The molecule has 0 aromatic rings. The van der Waals surface area contributed by atoms with E-state index in [2.05, 4.69) is 0 Å². The first-order valence-electron chi connectivity index (χ1n) is 7.75. The Balaban J connectivity index is 2.13. The van der Waals surface area contributed by atoms with Gasteiger partial charge in [-0.15, -0.1) is 0 Å². The van der Waals surface area contributed by atoms with Gasteiger partial charge in [-0.1, -0.05) is 65.2 Å². The van der Waals surface area contributed by atoms with Gasteiger partial charge in [0, 0.05) is 6.61 Å². The fraction of sp³-hybridized carbons (Fsp3) is 0.529. The molecule has 7 heteroatoms. The van der Waals surface area contributed by atoms with Gasteiger partial charge < -0.3 is 9.47 Å². The van der Waals surface area contributed by atoms with E-state index in [0.29, 0.717) is 6.61 Å². The van der Waals surface area contributed by atoms with Gasteiger partial charge in [-0.2, -0.15) is 0 Å². The molecule has 0 bridgehead atoms. The van der Waals surface area contributed by atoms with E-state index in [0.717, 1.165) is 32.3 Å². The van der Waals surface area contributed by atoms with E-state index in [1.165, 1.54) is 12.2 Å². The summed E-state index contributed by atoms with van der Waals surface area (Å²) >= 11 is 16.2. The second kappa shape index (κ2) is 11.8. The average molecular weight is 396 g/mol. The Morgan fingerprint density at radius 1 is 1.12 bits per heavy atom. The van der Waals surface area contributed by atoms with Crippen molar-refractivity contribution in [1.29, 1.82) is 0 Å². The largest absolute Gasteiger partial charge is 0.353 e. The fourth-order valence-corrected chi connectivity index (χ4v) is 2.09. The van der Waals surface area contributed by atoms with Crippen LogP contribution in [0, 0.1) is 0 Å². The predicted molar refractivity (Wildman–Crippen MR) is 96.5 cm³/mol. The van der Waals surface area contributed by atoms with Gasteiger partial charge >= 0.3 is 0 Å². The van der Waals surface area contributed by atoms with E-state index in [1.54, 1.807) is 12.2 Å². The second-order valence-electron chi connectivity index (χ2n) is 5.19. The van der Waals surface area contributed by atoms with E-state index >= 15 is 0 Å². The van der Waals surface area contributed by atoms with Crippen molar-refractivity contribution in [3.8, 4) is 0 Å². The Morgan fingerprint density at radius 3 is 2.54 bits per heavy atom. The van der Waals surface area contributed by atoms with Gasteiger partial charge in [-0.25, -0.2) is 0 Å². The maximum atomic E-state index is 11.5. The van der Waals surface area contributed by atoms with Crippen LogP contribution >= 0.6 is 34.8 Å². The maximum Gasteiger partial charge on any atom is 0.249 e. The summed E-state index contributed by atoms with van der Waals surface area (Å²) in [5, 5.41) is 0. The minimum Gasteiger partial charge on any atom is -0.353 e. The van der Waals surface area contributed by atoms with E-state index in [9.17, 15) is 9.59 Å². The summed E-state index contributed by atoms with van der Waals surface area (Å²) in [6, 6.07) is 0. The average Bonchev–Trinajstić information content (AvgIpc) is 2.53. The zero-order chi connectivity index (χ0) is 17.8. The van der Waals surface area contributed by atoms with Gasteiger partial charge in [0.1, 0.15) is 0 Å². The number of hydrogen-bond acceptors (Lipinski definition) is 4. The summed E-state index contributed by atoms with van der Waals surface area (Å²) in [7, 11) is 0. The fourth-order valence-electron chi connectivity index (χ4n) is 1.89. The third-order valence-electron chi connectivity index (χ3n) is 3.13. The Kier molecular flexibility index (Phi) is 10.5. The lowest BCUT2D eigenvalue weighted by atomic mass is 10.2. The molecule has 1 heterocycles. The minimum absolute atomic E-state index is 0.0629. The van der Waals surface area contributed by atoms with Gasteiger partial charge in [-0.05, 0) is 31.8 Å². The first-order valence-corrected chi connectivity index (χ1v) is 8.89. The normalized spacial score (nSPS) is 19.5. The van der Waals surface area contributed by atoms with Crippen molar-refractivity contribution in [3.05, 3.63) is 36.5 Å². The molecule has 1 aliphatic heterocycles. The first-order chi connectivity index (χ1) is 11.4. The Bertz CT molecular complexity index is 487. The van der Waals surface area contributed by atoms with Gasteiger partial charge in [0.05, 0.1) is 13.0 Å². The standard InChI is InChI=1S/C17H21Cl3O4/c18-17(19,20)15(22)13-14(21)9-5-3-1-2-4-7-11-23-16-10-6-8-12-24-16/h1-5,9,16H,6-8,10-13H2/b3-1+,4-2+,9-5+. The Labute approximate surface area is 157 Å². The van der Waals surface area contributed by atoms with Crippen LogP contribution in [0.1, 0.15) is 32.1 Å². The summed E-state index contributed by atoms with van der Waals surface area (Å²) in [4.78, 5) is 22.8. The number of carbonyl (C=O) groups excluding carboxylic acids is 2. The molecule has 1 rings (SSSR count). The molecule has 0 aromatic heterocycles. The smallest absolute Gasteiger partial charge is 0.249 e. The number of alkyl halides is 3. The number of Topliss-reactive ketones (excluding diaryl/α,β-unsaturated/α-hetero) is 1. The molecule has 1 atom stereocenters. The highest BCUT2D eigenvalue weighted by atomic mass is 35.6. The molecule has 0 amide bonds. The highest BCUT2D eigenvalue weighted by molar-refractivity contribution is 6.76. The van der Waals surface area contributed by atoms with E-state index in [-0.39, 0.29) is 6.29 Å². The molecule has 0 N–H and O–H groups in total. The summed E-state index contributed by atoms with van der Waals surface area (Å²) in [6.07, 6.45) is 13.6. The van der Waals surface area contributed by atoms with Crippen molar-refractivity contribution in [3.63, 3.8) is 0 Å². The zero-order valence-corrected chi connectivity index (χ0v) is 15.5. The van der Waals surface area contributed by atoms with Crippen LogP contribution < -0.4 is 0 Å². The Hall–Kier alpha value is -0.650. The lowest BCUT2D eigenvalue weighted by molar-refractivity contribution is -0.161. The third kappa shape index (κ3) is 10.3. The first kappa shape index (κ1) is 21.4. The number of ketones is 2. The number of halogens is 3. The van der Waals surface area contributed by atoms with Crippen LogP contribution in [0.5, 0.6) is 0 Å². The van der Waals surface area contributed by atoms with Crippen molar-refractivity contribution in [1.82, 2.24) is 0 Å². The number of allylic oxidation sites excluding steroid dienone is 5. The molecular formula is C17H21Cl3O4. The number of rotatable bonds is 9. The van der Waals surface area contributed by atoms with Gasteiger partial charge in [0.2, 0.25) is 3.79 Å². The summed E-state index contributed by atoms with van der Waals surface area (Å²) in [5.41, 5.74) is 0. The van der Waals surface area contributed by atoms with Crippen LogP contribution in [-0.4, -0.2) is 34.9 Å². The van der Waals surface area contributed by atoms with E-state index in [1.807, 2.05) is 12.2 Å². The topological polar surface area (TPSA) is 52.6 Å². The molecule has 1 saturated heterocycles. The minimum atomic E-state index is -2.05. The molecule has 0 spiro atoms. The van der Waals surface area contributed by atoms with Crippen molar-refractivity contribution in [2.24, 2.45) is 0 Å². The third-order valence-corrected chi connectivity index (χ3v) is 3.76. The van der Waals surface area contributed by atoms with Crippen LogP contribution in [0.4, 0.5) is 0 Å². The Morgan fingerprint density at radius 2 is 1.88 bits per heavy atom. The molecule has 1 unspecified atom stereocenters. The van der Waals surface area contributed by atoms with Gasteiger partial charge in [-0.3, -0.25) is 9.59 Å².